The van der Waals surface area contributed by atoms with Crippen LogP contribution in [0, 0.1) is 0 Å². The molecule has 1 aromatic heterocycles. The van der Waals surface area contributed by atoms with Crippen LogP contribution in [0.4, 0.5) is 0 Å². The van der Waals surface area contributed by atoms with Gasteiger partial charge in [0.1, 0.15) is 5.75 Å². The Bertz CT molecular complexity index is 522. The number of aryl methyl sites for hydroxylation is 1. The van der Waals surface area contributed by atoms with Crippen molar-refractivity contribution in [3.05, 3.63) is 45.4 Å². The maximum atomic E-state index is 9.02. The van der Waals surface area contributed by atoms with Gasteiger partial charge in [0.2, 0.25) is 0 Å². The summed E-state index contributed by atoms with van der Waals surface area (Å²) in [5, 5.41) is 11.9. The number of aliphatic hydroxyl groups is 1. The van der Waals surface area contributed by atoms with Gasteiger partial charge >= 0.3 is 0 Å². The van der Waals surface area contributed by atoms with Gasteiger partial charge in [0, 0.05) is 17.4 Å². The van der Waals surface area contributed by atoms with Crippen molar-refractivity contribution in [1.82, 2.24) is 4.98 Å². The average molecular weight is 263 g/mol. The first kappa shape index (κ1) is 13.1. The monoisotopic (exact) mass is 263 g/mol. The highest BCUT2D eigenvalue weighted by molar-refractivity contribution is 7.09. The summed E-state index contributed by atoms with van der Waals surface area (Å²) in [5.74, 6) is 0.896. The van der Waals surface area contributed by atoms with Crippen molar-refractivity contribution < 1.29 is 9.84 Å². The van der Waals surface area contributed by atoms with E-state index < -0.39 is 0 Å². The zero-order valence-corrected chi connectivity index (χ0v) is 11.5. The van der Waals surface area contributed by atoms with Gasteiger partial charge in [0.15, 0.2) is 0 Å². The Morgan fingerprint density at radius 3 is 2.83 bits per heavy atom. The van der Waals surface area contributed by atoms with Gasteiger partial charge in [0.25, 0.3) is 0 Å². The minimum absolute atomic E-state index is 0.00261. The molecule has 0 amide bonds. The SMILES string of the molecule is CCc1ccc(OC)c(Cc2nc(CO)cs2)c1. The number of ether oxygens (including phenoxy) is 1. The van der Waals surface area contributed by atoms with E-state index in [1.165, 1.54) is 5.56 Å². The van der Waals surface area contributed by atoms with Crippen molar-refractivity contribution in [2.45, 2.75) is 26.4 Å². The van der Waals surface area contributed by atoms with Gasteiger partial charge in [-0.25, -0.2) is 4.98 Å². The standard InChI is InChI=1S/C14H17NO2S/c1-3-10-4-5-13(17-2)11(6-10)7-14-15-12(8-16)9-18-14/h4-6,9,16H,3,7-8H2,1-2H3. The predicted molar refractivity (Wildman–Crippen MR) is 73.2 cm³/mol. The van der Waals surface area contributed by atoms with Crippen molar-refractivity contribution in [3.63, 3.8) is 0 Å². The van der Waals surface area contributed by atoms with Gasteiger partial charge in [-0.1, -0.05) is 19.1 Å². The molecular weight excluding hydrogens is 246 g/mol. The molecule has 1 aromatic carbocycles. The lowest BCUT2D eigenvalue weighted by Gasteiger charge is -2.09. The molecular formula is C14H17NO2S. The summed E-state index contributed by atoms with van der Waals surface area (Å²) in [6, 6.07) is 6.26. The van der Waals surface area contributed by atoms with Gasteiger partial charge in [-0.3, -0.25) is 0 Å². The molecule has 0 aliphatic carbocycles. The van der Waals surface area contributed by atoms with Gasteiger partial charge in [-0.15, -0.1) is 11.3 Å². The maximum Gasteiger partial charge on any atom is 0.122 e. The molecule has 0 fully saturated rings. The van der Waals surface area contributed by atoms with E-state index in [2.05, 4.69) is 24.0 Å². The van der Waals surface area contributed by atoms with Crippen LogP contribution in [0.2, 0.25) is 0 Å². The number of aromatic nitrogens is 1. The van der Waals surface area contributed by atoms with E-state index in [0.29, 0.717) is 0 Å². The molecule has 0 aliphatic rings. The number of hydrogen-bond donors (Lipinski definition) is 1. The number of hydrogen-bond acceptors (Lipinski definition) is 4. The molecule has 18 heavy (non-hydrogen) atoms. The predicted octanol–water partition coefficient (Wildman–Crippen LogP) is 2.80. The number of thiazole rings is 1. The number of nitrogens with zero attached hydrogens (tertiary/aromatic N) is 1. The quantitative estimate of drug-likeness (QED) is 0.902. The highest BCUT2D eigenvalue weighted by Crippen LogP contribution is 2.24. The first-order valence-electron chi connectivity index (χ1n) is 5.96. The lowest BCUT2D eigenvalue weighted by molar-refractivity contribution is 0.277. The fraction of sp³-hybridized carbons (Fsp3) is 0.357. The highest BCUT2D eigenvalue weighted by Gasteiger charge is 2.08. The molecule has 0 aliphatic heterocycles. The van der Waals surface area contributed by atoms with E-state index in [0.717, 1.165) is 34.9 Å². The molecule has 0 radical (unpaired) electrons. The molecule has 2 rings (SSSR count). The molecule has 2 aromatic rings. The van der Waals surface area contributed by atoms with Crippen LogP contribution < -0.4 is 4.74 Å². The van der Waals surface area contributed by atoms with Crippen molar-refractivity contribution in [2.75, 3.05) is 7.11 Å². The van der Waals surface area contributed by atoms with E-state index in [9.17, 15) is 0 Å². The Morgan fingerprint density at radius 2 is 2.22 bits per heavy atom. The molecule has 0 saturated carbocycles. The lowest BCUT2D eigenvalue weighted by Crippen LogP contribution is -1.96. The fourth-order valence-electron chi connectivity index (χ4n) is 1.86. The average Bonchev–Trinajstić information content (AvgIpc) is 2.86. The molecule has 4 heteroatoms. The van der Waals surface area contributed by atoms with Crippen LogP contribution in [-0.2, 0) is 19.4 Å². The van der Waals surface area contributed by atoms with Gasteiger partial charge in [-0.2, -0.15) is 0 Å². The Labute approximate surface area is 111 Å². The summed E-state index contributed by atoms with van der Waals surface area (Å²) in [6.45, 7) is 2.14. The van der Waals surface area contributed by atoms with Gasteiger partial charge in [0.05, 0.1) is 24.4 Å². The van der Waals surface area contributed by atoms with E-state index in [4.69, 9.17) is 9.84 Å². The second-order valence-corrected chi connectivity index (χ2v) is 5.01. The highest BCUT2D eigenvalue weighted by atomic mass is 32.1. The van der Waals surface area contributed by atoms with E-state index in [-0.39, 0.29) is 6.61 Å². The Kier molecular flexibility index (Phi) is 4.33. The van der Waals surface area contributed by atoms with Gasteiger partial charge < -0.3 is 9.84 Å². The molecule has 0 saturated heterocycles. The van der Waals surface area contributed by atoms with E-state index in [1.54, 1.807) is 18.4 Å². The first-order valence-corrected chi connectivity index (χ1v) is 6.84. The molecule has 1 heterocycles. The lowest BCUT2D eigenvalue weighted by atomic mass is 10.1. The van der Waals surface area contributed by atoms with Crippen LogP contribution >= 0.6 is 11.3 Å². The number of rotatable bonds is 5. The first-order chi connectivity index (χ1) is 8.76. The molecule has 0 unspecified atom stereocenters. The van der Waals surface area contributed by atoms with Crippen molar-refractivity contribution in [1.29, 1.82) is 0 Å². The third kappa shape index (κ3) is 2.89. The van der Waals surface area contributed by atoms with Crippen LogP contribution in [0.1, 0.15) is 28.8 Å². The third-order valence-corrected chi connectivity index (χ3v) is 3.75. The number of methoxy groups -OCH3 is 1. The Balaban J connectivity index is 2.25. The molecule has 3 nitrogen and oxygen atoms in total. The molecule has 0 atom stereocenters. The topological polar surface area (TPSA) is 42.4 Å². The van der Waals surface area contributed by atoms with Crippen LogP contribution in [0.15, 0.2) is 23.6 Å². The zero-order chi connectivity index (χ0) is 13.0. The third-order valence-electron chi connectivity index (χ3n) is 2.86. The van der Waals surface area contributed by atoms with Gasteiger partial charge in [-0.05, 0) is 18.1 Å². The molecule has 1 N–H and O–H groups in total. The summed E-state index contributed by atoms with van der Waals surface area (Å²) in [4.78, 5) is 4.37. The summed E-state index contributed by atoms with van der Waals surface area (Å²) in [5.41, 5.74) is 3.18. The van der Waals surface area contributed by atoms with E-state index in [1.807, 2.05) is 11.4 Å². The van der Waals surface area contributed by atoms with Crippen molar-refractivity contribution in [3.8, 4) is 5.75 Å². The molecule has 0 bridgehead atoms. The number of aliphatic hydroxyl groups excluding tert-OH is 1. The Morgan fingerprint density at radius 1 is 1.39 bits per heavy atom. The second kappa shape index (κ2) is 5.98. The smallest absolute Gasteiger partial charge is 0.122 e. The minimum Gasteiger partial charge on any atom is -0.496 e. The summed E-state index contributed by atoms with van der Waals surface area (Å²) in [7, 11) is 1.69. The zero-order valence-electron chi connectivity index (χ0n) is 10.6. The van der Waals surface area contributed by atoms with Crippen LogP contribution in [0.25, 0.3) is 0 Å². The fourth-order valence-corrected chi connectivity index (χ4v) is 2.66. The summed E-state index contributed by atoms with van der Waals surface area (Å²) in [6.07, 6.45) is 1.76. The second-order valence-electron chi connectivity index (χ2n) is 4.07. The Hall–Kier alpha value is -1.39. The van der Waals surface area contributed by atoms with Crippen molar-refractivity contribution >= 4 is 11.3 Å². The minimum atomic E-state index is 0.00261. The largest absolute Gasteiger partial charge is 0.496 e. The summed E-state index contributed by atoms with van der Waals surface area (Å²) < 4.78 is 5.38. The van der Waals surface area contributed by atoms with Crippen LogP contribution in [0.3, 0.4) is 0 Å². The summed E-state index contributed by atoms with van der Waals surface area (Å²) >= 11 is 1.57. The normalized spacial score (nSPS) is 10.6. The van der Waals surface area contributed by atoms with Crippen LogP contribution in [0.5, 0.6) is 5.75 Å². The number of benzene rings is 1. The maximum absolute atomic E-state index is 9.02. The van der Waals surface area contributed by atoms with E-state index >= 15 is 0 Å². The molecule has 96 valence electrons. The molecule has 0 spiro atoms. The van der Waals surface area contributed by atoms with Crippen molar-refractivity contribution in [2.24, 2.45) is 0 Å². The van der Waals surface area contributed by atoms with Crippen LogP contribution in [-0.4, -0.2) is 17.2 Å².